The molecule has 0 saturated heterocycles. The highest BCUT2D eigenvalue weighted by molar-refractivity contribution is 7.89. The van der Waals surface area contributed by atoms with E-state index in [0.29, 0.717) is 11.1 Å². The first kappa shape index (κ1) is 17.1. The van der Waals surface area contributed by atoms with Crippen molar-refractivity contribution in [1.29, 1.82) is 0 Å². The SMILES string of the molecule is COC(=O)CCNS(=O)(=O)c1cc(C)c(C)c([N+](=O)[O-])c1. The Labute approximate surface area is 122 Å². The van der Waals surface area contributed by atoms with Gasteiger partial charge in [-0.1, -0.05) is 0 Å². The Kier molecular flexibility index (Phi) is 5.39. The van der Waals surface area contributed by atoms with Crippen molar-refractivity contribution in [3.8, 4) is 0 Å². The van der Waals surface area contributed by atoms with Crippen LogP contribution in [-0.2, 0) is 19.6 Å². The lowest BCUT2D eigenvalue weighted by molar-refractivity contribution is -0.385. The Balaban J connectivity index is 3.04. The van der Waals surface area contributed by atoms with Crippen LogP contribution in [0.4, 0.5) is 5.69 Å². The summed E-state index contributed by atoms with van der Waals surface area (Å²) in [4.78, 5) is 21.0. The van der Waals surface area contributed by atoms with Gasteiger partial charge in [-0.3, -0.25) is 14.9 Å². The Bertz CT molecular complexity index is 669. The van der Waals surface area contributed by atoms with Crippen LogP contribution in [0.5, 0.6) is 0 Å². The van der Waals surface area contributed by atoms with Crippen molar-refractivity contribution in [3.05, 3.63) is 33.4 Å². The fourth-order valence-corrected chi connectivity index (χ4v) is 2.76. The van der Waals surface area contributed by atoms with Gasteiger partial charge in [-0.15, -0.1) is 0 Å². The van der Waals surface area contributed by atoms with Crippen LogP contribution >= 0.6 is 0 Å². The van der Waals surface area contributed by atoms with Gasteiger partial charge in [0.05, 0.1) is 23.3 Å². The van der Waals surface area contributed by atoms with Crippen molar-refractivity contribution >= 4 is 21.7 Å². The van der Waals surface area contributed by atoms with E-state index in [-0.39, 0.29) is 23.5 Å². The van der Waals surface area contributed by atoms with Crippen LogP contribution < -0.4 is 4.72 Å². The molecule has 21 heavy (non-hydrogen) atoms. The van der Waals surface area contributed by atoms with E-state index >= 15 is 0 Å². The minimum atomic E-state index is -3.92. The molecule has 0 aliphatic heterocycles. The predicted molar refractivity (Wildman–Crippen MR) is 74.4 cm³/mol. The highest BCUT2D eigenvalue weighted by Crippen LogP contribution is 2.25. The molecule has 9 heteroatoms. The number of carbonyl (C=O) groups is 1. The fraction of sp³-hybridized carbons (Fsp3) is 0.417. The molecule has 0 amide bonds. The maximum absolute atomic E-state index is 12.1. The second kappa shape index (κ2) is 6.64. The van der Waals surface area contributed by atoms with Gasteiger partial charge in [-0.05, 0) is 25.5 Å². The van der Waals surface area contributed by atoms with Gasteiger partial charge in [0.2, 0.25) is 10.0 Å². The van der Waals surface area contributed by atoms with Crippen molar-refractivity contribution in [2.24, 2.45) is 0 Å². The number of sulfonamides is 1. The monoisotopic (exact) mass is 316 g/mol. The van der Waals surface area contributed by atoms with Gasteiger partial charge in [0.1, 0.15) is 0 Å². The zero-order valence-corrected chi connectivity index (χ0v) is 12.7. The van der Waals surface area contributed by atoms with Gasteiger partial charge >= 0.3 is 5.97 Å². The number of nitro benzene ring substituents is 1. The number of carbonyl (C=O) groups excluding carboxylic acids is 1. The molecular formula is C12H16N2O6S. The summed E-state index contributed by atoms with van der Waals surface area (Å²) in [5.74, 6) is -0.552. The Hall–Kier alpha value is -2.00. The summed E-state index contributed by atoms with van der Waals surface area (Å²) in [7, 11) is -2.72. The molecule has 8 nitrogen and oxygen atoms in total. The second-order valence-electron chi connectivity index (χ2n) is 4.37. The fourth-order valence-electron chi connectivity index (χ4n) is 1.63. The van der Waals surface area contributed by atoms with E-state index in [0.717, 1.165) is 6.07 Å². The summed E-state index contributed by atoms with van der Waals surface area (Å²) in [6.07, 6.45) is -0.122. The number of benzene rings is 1. The van der Waals surface area contributed by atoms with Crippen molar-refractivity contribution in [1.82, 2.24) is 4.72 Å². The molecule has 0 heterocycles. The highest BCUT2D eigenvalue weighted by Gasteiger charge is 2.21. The molecule has 0 spiro atoms. The molecule has 0 aromatic heterocycles. The van der Waals surface area contributed by atoms with E-state index in [4.69, 9.17) is 0 Å². The largest absolute Gasteiger partial charge is 0.469 e. The maximum atomic E-state index is 12.1. The minimum absolute atomic E-state index is 0.122. The normalized spacial score (nSPS) is 11.2. The van der Waals surface area contributed by atoms with Gasteiger partial charge in [-0.2, -0.15) is 0 Å². The molecule has 0 unspecified atom stereocenters. The zero-order chi connectivity index (χ0) is 16.2. The lowest BCUT2D eigenvalue weighted by atomic mass is 10.1. The molecule has 116 valence electrons. The maximum Gasteiger partial charge on any atom is 0.306 e. The minimum Gasteiger partial charge on any atom is -0.469 e. The van der Waals surface area contributed by atoms with Gasteiger partial charge < -0.3 is 4.74 Å². The van der Waals surface area contributed by atoms with Crippen LogP contribution in [0.25, 0.3) is 0 Å². The first-order valence-corrected chi connectivity index (χ1v) is 7.49. The van der Waals surface area contributed by atoms with E-state index in [1.54, 1.807) is 13.8 Å². The van der Waals surface area contributed by atoms with Gasteiger partial charge in [-0.25, -0.2) is 13.1 Å². The number of hydrogen-bond acceptors (Lipinski definition) is 6. The third-order valence-corrected chi connectivity index (χ3v) is 4.41. The van der Waals surface area contributed by atoms with Crippen LogP contribution in [0, 0.1) is 24.0 Å². The van der Waals surface area contributed by atoms with Crippen LogP contribution in [0.3, 0.4) is 0 Å². The molecule has 0 bridgehead atoms. The molecule has 0 fully saturated rings. The third-order valence-electron chi connectivity index (χ3n) is 2.97. The van der Waals surface area contributed by atoms with Crippen LogP contribution in [-0.4, -0.2) is 33.0 Å². The van der Waals surface area contributed by atoms with Gasteiger partial charge in [0.15, 0.2) is 0 Å². The second-order valence-corrected chi connectivity index (χ2v) is 6.13. The zero-order valence-electron chi connectivity index (χ0n) is 11.9. The number of nitrogens with zero attached hydrogens (tertiary/aromatic N) is 1. The van der Waals surface area contributed by atoms with Crippen LogP contribution in [0.15, 0.2) is 17.0 Å². The molecule has 0 atom stereocenters. The smallest absolute Gasteiger partial charge is 0.306 e. The third kappa shape index (κ3) is 4.23. The quantitative estimate of drug-likeness (QED) is 0.476. The number of methoxy groups -OCH3 is 1. The van der Waals surface area contributed by atoms with Gasteiger partial charge in [0, 0.05) is 18.2 Å². The van der Waals surface area contributed by atoms with Crippen molar-refractivity contribution in [2.75, 3.05) is 13.7 Å². The molecule has 0 aliphatic carbocycles. The Morgan fingerprint density at radius 2 is 2.00 bits per heavy atom. The van der Waals surface area contributed by atoms with E-state index < -0.39 is 20.9 Å². The first-order valence-electron chi connectivity index (χ1n) is 6.01. The summed E-state index contributed by atoms with van der Waals surface area (Å²) in [5, 5.41) is 10.9. The number of nitro groups is 1. The summed E-state index contributed by atoms with van der Waals surface area (Å²) in [6.45, 7) is 3.00. The molecule has 1 aromatic rings. The molecule has 1 N–H and O–H groups in total. The van der Waals surface area contributed by atoms with Crippen LogP contribution in [0.1, 0.15) is 17.5 Å². The van der Waals surface area contributed by atoms with Gasteiger partial charge in [0.25, 0.3) is 5.69 Å². The molecule has 0 aliphatic rings. The Morgan fingerprint density at radius 1 is 1.38 bits per heavy atom. The first-order chi connectivity index (χ1) is 9.69. The number of ether oxygens (including phenoxy) is 1. The molecule has 1 rings (SSSR count). The highest BCUT2D eigenvalue weighted by atomic mass is 32.2. The summed E-state index contributed by atoms with van der Waals surface area (Å²) < 4.78 is 30.7. The average molecular weight is 316 g/mol. The lowest BCUT2D eigenvalue weighted by Crippen LogP contribution is -2.26. The number of hydrogen-bond donors (Lipinski definition) is 1. The standard InChI is InChI=1S/C12H16N2O6S/c1-8-6-10(7-11(9(8)2)14(16)17)21(18,19)13-5-4-12(15)20-3/h6-7,13H,4-5H2,1-3H3. The molecule has 1 aromatic carbocycles. The Morgan fingerprint density at radius 3 is 2.52 bits per heavy atom. The lowest BCUT2D eigenvalue weighted by Gasteiger charge is -2.09. The number of nitrogens with one attached hydrogen (secondary N) is 1. The summed E-state index contributed by atoms with van der Waals surface area (Å²) in [6, 6.07) is 2.35. The number of esters is 1. The number of rotatable bonds is 6. The van der Waals surface area contributed by atoms with Crippen LogP contribution in [0.2, 0.25) is 0 Å². The van der Waals surface area contributed by atoms with Crippen molar-refractivity contribution in [3.63, 3.8) is 0 Å². The molecule has 0 saturated carbocycles. The topological polar surface area (TPSA) is 116 Å². The number of aryl methyl sites for hydroxylation is 1. The van der Waals surface area contributed by atoms with E-state index in [1.807, 2.05) is 0 Å². The molecule has 0 radical (unpaired) electrons. The van der Waals surface area contributed by atoms with E-state index in [2.05, 4.69) is 9.46 Å². The van der Waals surface area contributed by atoms with Crippen molar-refractivity contribution < 1.29 is 22.9 Å². The summed E-state index contributed by atoms with van der Waals surface area (Å²) in [5.41, 5.74) is 0.648. The van der Waals surface area contributed by atoms with E-state index in [1.165, 1.54) is 13.2 Å². The average Bonchev–Trinajstić information content (AvgIpc) is 2.40. The van der Waals surface area contributed by atoms with E-state index in [9.17, 15) is 23.3 Å². The summed E-state index contributed by atoms with van der Waals surface area (Å²) >= 11 is 0. The predicted octanol–water partition coefficient (Wildman–Crippen LogP) is 1.05. The molecular weight excluding hydrogens is 300 g/mol. The van der Waals surface area contributed by atoms with Crippen molar-refractivity contribution in [2.45, 2.75) is 25.2 Å².